The van der Waals surface area contributed by atoms with E-state index in [1.54, 1.807) is 0 Å². The molecule has 54 valence electrons. The lowest BCUT2D eigenvalue weighted by Crippen LogP contribution is -1.81. The number of hydrogen-bond acceptors (Lipinski definition) is 1. The summed E-state index contributed by atoms with van der Waals surface area (Å²) in [4.78, 5) is 13.3. The van der Waals surface area contributed by atoms with Crippen LogP contribution in [0.4, 0.5) is 0 Å². The summed E-state index contributed by atoms with van der Waals surface area (Å²) in [5.74, 6) is 0. The minimum absolute atomic E-state index is 0.696. The zero-order valence-electron chi connectivity index (χ0n) is 5.86. The third kappa shape index (κ3) is 1.10. The molecule has 0 bridgehead atoms. The summed E-state index contributed by atoms with van der Waals surface area (Å²) in [6.07, 6.45) is 0.852. The van der Waals surface area contributed by atoms with Crippen LogP contribution in [0, 0.1) is 17.5 Å². The van der Waals surface area contributed by atoms with Gasteiger partial charge in [0.25, 0.3) is 0 Å². The van der Waals surface area contributed by atoms with E-state index in [1.165, 1.54) is 5.56 Å². The fourth-order valence-electron chi connectivity index (χ4n) is 0.790. The molecule has 0 saturated carbocycles. The molecule has 1 rings (SSSR count). The Morgan fingerprint density at radius 2 is 2.00 bits per heavy atom. The van der Waals surface area contributed by atoms with E-state index in [2.05, 4.69) is 27.6 Å². The molecule has 0 spiro atoms. The van der Waals surface area contributed by atoms with Crippen LogP contribution in [0.25, 0.3) is 0 Å². The first-order valence-electron chi connectivity index (χ1n) is 2.96. The van der Waals surface area contributed by atoms with Crippen molar-refractivity contribution in [3.8, 4) is 0 Å². The highest BCUT2D eigenvalue weighted by atomic mass is 127. The number of carbonyl (C=O) groups excluding carboxylic acids is 1. The molecular formula is C7H8INO. The Hall–Kier alpha value is -0.320. The van der Waals surface area contributed by atoms with Crippen molar-refractivity contribution < 1.29 is 4.79 Å². The fraction of sp³-hybridized carbons (Fsp3) is 0.286. The second kappa shape index (κ2) is 2.74. The van der Waals surface area contributed by atoms with Crippen molar-refractivity contribution >= 4 is 28.9 Å². The van der Waals surface area contributed by atoms with Crippen LogP contribution in [0.15, 0.2) is 0 Å². The molecule has 1 aromatic heterocycles. The van der Waals surface area contributed by atoms with E-state index in [0.717, 1.165) is 15.6 Å². The summed E-state index contributed by atoms with van der Waals surface area (Å²) in [6.45, 7) is 3.94. The lowest BCUT2D eigenvalue weighted by molar-refractivity contribution is 0.111. The lowest BCUT2D eigenvalue weighted by atomic mass is 10.2. The van der Waals surface area contributed by atoms with Gasteiger partial charge in [-0.25, -0.2) is 0 Å². The van der Waals surface area contributed by atoms with Crippen molar-refractivity contribution in [1.29, 1.82) is 0 Å². The minimum atomic E-state index is 0.696. The van der Waals surface area contributed by atoms with Crippen molar-refractivity contribution in [3.63, 3.8) is 0 Å². The van der Waals surface area contributed by atoms with Crippen LogP contribution in [0.2, 0.25) is 0 Å². The first-order chi connectivity index (χ1) is 4.66. The maximum Gasteiger partial charge on any atom is 0.166 e. The Morgan fingerprint density at radius 3 is 2.20 bits per heavy atom. The lowest BCUT2D eigenvalue weighted by Gasteiger charge is -1.86. The van der Waals surface area contributed by atoms with E-state index in [4.69, 9.17) is 0 Å². The molecule has 0 aliphatic carbocycles. The highest BCUT2D eigenvalue weighted by Crippen LogP contribution is 2.16. The molecule has 0 unspecified atom stereocenters. The fourth-order valence-corrected chi connectivity index (χ4v) is 1.49. The summed E-state index contributed by atoms with van der Waals surface area (Å²) in [5.41, 5.74) is 2.92. The molecule has 2 nitrogen and oxygen atoms in total. The van der Waals surface area contributed by atoms with Crippen LogP contribution in [-0.4, -0.2) is 11.3 Å². The summed E-state index contributed by atoms with van der Waals surface area (Å²) in [5, 5.41) is 0. The average molecular weight is 249 g/mol. The SMILES string of the molecule is Cc1c(I)[nH]c(C=O)c1C. The molecule has 0 amide bonds. The molecular weight excluding hydrogens is 241 g/mol. The third-order valence-corrected chi connectivity index (χ3v) is 2.74. The Bertz CT molecular complexity index is 265. The first kappa shape index (κ1) is 7.78. The summed E-state index contributed by atoms with van der Waals surface area (Å²) < 4.78 is 1.05. The minimum Gasteiger partial charge on any atom is -0.347 e. The predicted octanol–water partition coefficient (Wildman–Crippen LogP) is 2.05. The molecule has 0 aromatic carbocycles. The molecule has 0 atom stereocenters. The molecule has 0 aliphatic rings. The van der Waals surface area contributed by atoms with Gasteiger partial charge in [0.1, 0.15) is 0 Å². The molecule has 3 heteroatoms. The van der Waals surface area contributed by atoms with Crippen LogP contribution >= 0.6 is 22.6 Å². The molecule has 1 N–H and O–H groups in total. The summed E-state index contributed by atoms with van der Waals surface area (Å²) >= 11 is 2.18. The number of rotatable bonds is 1. The van der Waals surface area contributed by atoms with E-state index in [0.29, 0.717) is 5.69 Å². The number of hydrogen-bond donors (Lipinski definition) is 1. The van der Waals surface area contributed by atoms with Crippen molar-refractivity contribution in [1.82, 2.24) is 4.98 Å². The van der Waals surface area contributed by atoms with Crippen LogP contribution in [0.1, 0.15) is 21.6 Å². The number of aldehydes is 1. The highest BCUT2D eigenvalue weighted by Gasteiger charge is 2.05. The molecule has 10 heavy (non-hydrogen) atoms. The van der Waals surface area contributed by atoms with Crippen LogP contribution in [-0.2, 0) is 0 Å². The van der Waals surface area contributed by atoms with Crippen LogP contribution < -0.4 is 0 Å². The molecule has 0 radical (unpaired) electrons. The van der Waals surface area contributed by atoms with Crippen molar-refractivity contribution in [2.75, 3.05) is 0 Å². The first-order valence-corrected chi connectivity index (χ1v) is 4.04. The van der Waals surface area contributed by atoms with Gasteiger partial charge < -0.3 is 4.98 Å². The highest BCUT2D eigenvalue weighted by molar-refractivity contribution is 14.1. The largest absolute Gasteiger partial charge is 0.347 e. The van der Waals surface area contributed by atoms with Gasteiger partial charge in [-0.15, -0.1) is 0 Å². The van der Waals surface area contributed by atoms with Gasteiger partial charge in [0.05, 0.1) is 9.39 Å². The average Bonchev–Trinajstić information content (AvgIpc) is 2.17. The molecule has 0 saturated heterocycles. The van der Waals surface area contributed by atoms with Gasteiger partial charge in [0.2, 0.25) is 0 Å². The standard InChI is InChI=1S/C7H8INO/c1-4-5(2)7(8)9-6(4)3-10/h3,9H,1-2H3. The second-order valence-corrected chi connectivity index (χ2v) is 3.30. The van der Waals surface area contributed by atoms with E-state index in [-0.39, 0.29) is 0 Å². The Kier molecular flexibility index (Phi) is 2.13. The van der Waals surface area contributed by atoms with Gasteiger partial charge in [-0.3, -0.25) is 4.79 Å². The number of halogens is 1. The maximum absolute atomic E-state index is 10.4. The van der Waals surface area contributed by atoms with Crippen molar-refractivity contribution in [2.45, 2.75) is 13.8 Å². The molecule has 0 aliphatic heterocycles. The predicted molar refractivity (Wildman–Crippen MR) is 48.4 cm³/mol. The van der Waals surface area contributed by atoms with Gasteiger partial charge in [-0.1, -0.05) is 0 Å². The zero-order valence-corrected chi connectivity index (χ0v) is 8.02. The molecule has 1 heterocycles. The van der Waals surface area contributed by atoms with Gasteiger partial charge in [-0.05, 0) is 47.6 Å². The topological polar surface area (TPSA) is 32.9 Å². The van der Waals surface area contributed by atoms with Crippen molar-refractivity contribution in [2.24, 2.45) is 0 Å². The van der Waals surface area contributed by atoms with Gasteiger partial charge in [-0.2, -0.15) is 0 Å². The van der Waals surface area contributed by atoms with Crippen LogP contribution in [0.5, 0.6) is 0 Å². The third-order valence-electron chi connectivity index (χ3n) is 1.66. The van der Waals surface area contributed by atoms with Gasteiger partial charge in [0, 0.05) is 0 Å². The number of H-pyrrole nitrogens is 1. The Morgan fingerprint density at radius 1 is 1.40 bits per heavy atom. The Labute approximate surface area is 73.2 Å². The smallest absolute Gasteiger partial charge is 0.166 e. The number of aromatic amines is 1. The molecule has 0 fully saturated rings. The van der Waals surface area contributed by atoms with E-state index >= 15 is 0 Å². The van der Waals surface area contributed by atoms with Gasteiger partial charge >= 0.3 is 0 Å². The Balaban J connectivity index is 3.30. The summed E-state index contributed by atoms with van der Waals surface area (Å²) in [6, 6.07) is 0. The quantitative estimate of drug-likeness (QED) is 0.599. The maximum atomic E-state index is 10.4. The van der Waals surface area contributed by atoms with Crippen LogP contribution in [0.3, 0.4) is 0 Å². The monoisotopic (exact) mass is 249 g/mol. The summed E-state index contributed by atoms with van der Waals surface area (Å²) in [7, 11) is 0. The normalized spacial score (nSPS) is 9.90. The van der Waals surface area contributed by atoms with E-state index in [1.807, 2.05) is 13.8 Å². The number of carbonyl (C=O) groups is 1. The molecule has 1 aromatic rings. The number of nitrogens with one attached hydrogen (secondary N) is 1. The zero-order chi connectivity index (χ0) is 7.72. The second-order valence-electron chi connectivity index (χ2n) is 2.22. The van der Waals surface area contributed by atoms with E-state index < -0.39 is 0 Å². The van der Waals surface area contributed by atoms with Gasteiger partial charge in [0.15, 0.2) is 6.29 Å². The van der Waals surface area contributed by atoms with E-state index in [9.17, 15) is 4.79 Å². The van der Waals surface area contributed by atoms with Crippen molar-refractivity contribution in [3.05, 3.63) is 20.5 Å². The number of aromatic nitrogens is 1.